The van der Waals surface area contributed by atoms with E-state index in [4.69, 9.17) is 4.84 Å². The lowest BCUT2D eigenvalue weighted by Crippen LogP contribution is -2.37. The second-order valence-corrected chi connectivity index (χ2v) is 7.86. The molecule has 2 heterocycles. The maximum absolute atomic E-state index is 13.6. The summed E-state index contributed by atoms with van der Waals surface area (Å²) in [6.45, 7) is 1.88. The van der Waals surface area contributed by atoms with Gasteiger partial charge in [0.15, 0.2) is 6.10 Å². The van der Waals surface area contributed by atoms with Gasteiger partial charge < -0.3 is 0 Å². The van der Waals surface area contributed by atoms with Crippen molar-refractivity contribution >= 4 is 28.9 Å². The van der Waals surface area contributed by atoms with Gasteiger partial charge >= 0.3 is 0 Å². The van der Waals surface area contributed by atoms with Crippen LogP contribution < -0.4 is 9.96 Å². The maximum Gasteiger partial charge on any atom is 0.269 e. The van der Waals surface area contributed by atoms with E-state index in [0.717, 1.165) is 10.5 Å². The first-order chi connectivity index (χ1) is 15.5. The zero-order valence-electron chi connectivity index (χ0n) is 17.1. The third-order valence-corrected chi connectivity index (χ3v) is 5.81. The van der Waals surface area contributed by atoms with E-state index < -0.39 is 28.9 Å². The number of hydrogen-bond donors (Lipinski definition) is 0. The second kappa shape index (κ2) is 7.58. The zero-order valence-corrected chi connectivity index (χ0v) is 17.1. The van der Waals surface area contributed by atoms with Gasteiger partial charge in [-0.05, 0) is 42.3 Å². The molecule has 8 heteroatoms. The molecule has 32 heavy (non-hydrogen) atoms. The Morgan fingerprint density at radius 3 is 2.31 bits per heavy atom. The highest BCUT2D eigenvalue weighted by Crippen LogP contribution is 2.47. The predicted molar refractivity (Wildman–Crippen MR) is 117 cm³/mol. The van der Waals surface area contributed by atoms with Crippen molar-refractivity contribution in [2.45, 2.75) is 19.1 Å². The van der Waals surface area contributed by atoms with E-state index in [1.54, 1.807) is 42.5 Å². The van der Waals surface area contributed by atoms with Crippen LogP contribution in [0.1, 0.15) is 17.2 Å². The molecular weight excluding hydrogens is 410 g/mol. The van der Waals surface area contributed by atoms with Crippen molar-refractivity contribution in [2.24, 2.45) is 5.92 Å². The van der Waals surface area contributed by atoms with E-state index in [1.807, 2.05) is 31.2 Å². The number of nitro benzene ring substituents is 1. The van der Waals surface area contributed by atoms with Crippen molar-refractivity contribution in [2.75, 3.05) is 9.96 Å². The van der Waals surface area contributed by atoms with Gasteiger partial charge in [0, 0.05) is 12.1 Å². The summed E-state index contributed by atoms with van der Waals surface area (Å²) in [6.07, 6.45) is -1.02. The largest absolute Gasteiger partial charge is 0.273 e. The molecule has 3 aromatic carbocycles. The molecule has 2 aliphatic heterocycles. The number of non-ortho nitro benzene ring substituents is 1. The van der Waals surface area contributed by atoms with Gasteiger partial charge in [-0.15, -0.1) is 0 Å². The highest BCUT2D eigenvalue weighted by Gasteiger charge is 2.60. The lowest BCUT2D eigenvalue weighted by Gasteiger charge is -2.28. The third kappa shape index (κ3) is 3.12. The lowest BCUT2D eigenvalue weighted by atomic mass is 9.90. The Morgan fingerprint density at radius 2 is 1.59 bits per heavy atom. The average Bonchev–Trinajstić information content (AvgIpc) is 3.30. The van der Waals surface area contributed by atoms with Crippen molar-refractivity contribution in [3.05, 3.63) is 100 Å². The van der Waals surface area contributed by atoms with Gasteiger partial charge in [0.25, 0.3) is 11.6 Å². The van der Waals surface area contributed by atoms with Crippen LogP contribution in [0.4, 0.5) is 17.1 Å². The van der Waals surface area contributed by atoms with E-state index in [0.29, 0.717) is 16.9 Å². The van der Waals surface area contributed by atoms with E-state index >= 15 is 0 Å². The first kappa shape index (κ1) is 19.9. The molecule has 2 fully saturated rings. The lowest BCUT2D eigenvalue weighted by molar-refractivity contribution is -0.384. The molecule has 0 aromatic heterocycles. The average molecular weight is 429 g/mol. The number of benzene rings is 3. The summed E-state index contributed by atoms with van der Waals surface area (Å²) in [5, 5.41) is 12.9. The molecule has 0 N–H and O–H groups in total. The van der Waals surface area contributed by atoms with E-state index in [-0.39, 0.29) is 11.6 Å². The molecule has 3 aromatic rings. The summed E-state index contributed by atoms with van der Waals surface area (Å²) in [5.74, 6) is -1.68. The molecule has 8 nitrogen and oxygen atoms in total. The Balaban J connectivity index is 1.61. The summed E-state index contributed by atoms with van der Waals surface area (Å²) in [7, 11) is 0. The van der Waals surface area contributed by atoms with Crippen LogP contribution in [0.5, 0.6) is 0 Å². The van der Waals surface area contributed by atoms with Gasteiger partial charge in [0.1, 0.15) is 5.92 Å². The normalized spacial score (nSPS) is 22.3. The van der Waals surface area contributed by atoms with Crippen LogP contribution in [0.2, 0.25) is 0 Å². The molecule has 160 valence electrons. The van der Waals surface area contributed by atoms with Crippen LogP contribution >= 0.6 is 0 Å². The molecular formula is C24H19N3O5. The van der Waals surface area contributed by atoms with Crippen LogP contribution in [-0.4, -0.2) is 22.8 Å². The summed E-state index contributed by atoms with van der Waals surface area (Å²) >= 11 is 0. The van der Waals surface area contributed by atoms with Gasteiger partial charge in [0.2, 0.25) is 5.91 Å². The molecule has 2 amide bonds. The van der Waals surface area contributed by atoms with Crippen molar-refractivity contribution in [3.8, 4) is 0 Å². The van der Waals surface area contributed by atoms with Gasteiger partial charge in [-0.1, -0.05) is 42.5 Å². The van der Waals surface area contributed by atoms with Gasteiger partial charge in [-0.25, -0.2) is 9.96 Å². The van der Waals surface area contributed by atoms with Crippen molar-refractivity contribution in [3.63, 3.8) is 0 Å². The molecule has 0 radical (unpaired) electrons. The standard InChI is InChI=1S/C24H19N3O5/c1-15-7-5-11-18(13-15)25-23(28)20-21(16-8-6-12-19(14-16)27(30)31)26(32-22(20)24(25)29)17-9-3-2-4-10-17/h2-14,20-22H,1H3/t20-,21+,22-/m0/s1. The number of rotatable bonds is 4. The molecule has 0 aliphatic carbocycles. The first-order valence-corrected chi connectivity index (χ1v) is 10.2. The fraction of sp³-hybridized carbons (Fsp3) is 0.167. The number of nitrogens with zero attached hydrogens (tertiary/aromatic N) is 3. The number of anilines is 2. The molecule has 3 atom stereocenters. The number of carbonyl (C=O) groups excluding carboxylic acids is 2. The minimum absolute atomic E-state index is 0.0914. The Bertz CT molecular complexity index is 1230. The van der Waals surface area contributed by atoms with Crippen molar-refractivity contribution in [1.82, 2.24) is 0 Å². The molecule has 0 bridgehead atoms. The SMILES string of the molecule is Cc1cccc(N2C(=O)[C@@H]3[C@H](ON(c4ccccc4)[C@@H]3c3cccc([N+](=O)[O-])c3)C2=O)c1. The van der Waals surface area contributed by atoms with Crippen molar-refractivity contribution < 1.29 is 19.3 Å². The monoisotopic (exact) mass is 429 g/mol. The first-order valence-electron chi connectivity index (χ1n) is 10.2. The fourth-order valence-electron chi connectivity index (χ4n) is 4.40. The molecule has 2 aliphatic rings. The number of fused-ring (bicyclic) bond motifs is 1. The summed E-state index contributed by atoms with van der Waals surface area (Å²) < 4.78 is 0. The highest BCUT2D eigenvalue weighted by molar-refractivity contribution is 6.24. The Labute approximate surface area is 183 Å². The van der Waals surface area contributed by atoms with E-state index in [1.165, 1.54) is 17.2 Å². The predicted octanol–water partition coefficient (Wildman–Crippen LogP) is 3.95. The second-order valence-electron chi connectivity index (χ2n) is 7.86. The minimum atomic E-state index is -1.02. The van der Waals surface area contributed by atoms with Crippen molar-refractivity contribution in [1.29, 1.82) is 0 Å². The molecule has 0 unspecified atom stereocenters. The smallest absolute Gasteiger partial charge is 0.269 e. The Kier molecular flexibility index (Phi) is 4.71. The summed E-state index contributed by atoms with van der Waals surface area (Å²) in [6, 6.07) is 21.7. The zero-order chi connectivity index (χ0) is 22.4. The quantitative estimate of drug-likeness (QED) is 0.354. The molecule has 2 saturated heterocycles. The highest BCUT2D eigenvalue weighted by atomic mass is 16.7. The summed E-state index contributed by atoms with van der Waals surface area (Å²) in [4.78, 5) is 44.9. The number of amides is 2. The van der Waals surface area contributed by atoms with Crippen LogP contribution in [0.3, 0.4) is 0 Å². The fourth-order valence-corrected chi connectivity index (χ4v) is 4.40. The third-order valence-electron chi connectivity index (χ3n) is 5.81. The molecule has 0 spiro atoms. The van der Waals surface area contributed by atoms with Gasteiger partial charge in [-0.3, -0.25) is 24.5 Å². The minimum Gasteiger partial charge on any atom is -0.273 e. The number of para-hydroxylation sites is 1. The maximum atomic E-state index is 13.6. The number of hydrogen-bond acceptors (Lipinski definition) is 6. The van der Waals surface area contributed by atoms with Gasteiger partial charge in [0.05, 0.1) is 22.3 Å². The van der Waals surface area contributed by atoms with Crippen LogP contribution in [0.15, 0.2) is 78.9 Å². The Hall–Kier alpha value is -4.04. The van der Waals surface area contributed by atoms with Crippen LogP contribution in [0.25, 0.3) is 0 Å². The number of aryl methyl sites for hydroxylation is 1. The molecule has 5 rings (SSSR count). The number of hydroxylamine groups is 1. The Morgan fingerprint density at radius 1 is 0.875 bits per heavy atom. The van der Waals surface area contributed by atoms with Gasteiger partial charge in [-0.2, -0.15) is 0 Å². The number of imide groups is 1. The molecule has 0 saturated carbocycles. The summed E-state index contributed by atoms with van der Waals surface area (Å²) in [5.41, 5.74) is 2.50. The topological polar surface area (TPSA) is 93.0 Å². The van der Waals surface area contributed by atoms with E-state index in [9.17, 15) is 19.7 Å². The van der Waals surface area contributed by atoms with E-state index in [2.05, 4.69) is 0 Å². The number of nitro groups is 1. The van der Waals surface area contributed by atoms with Crippen LogP contribution in [0, 0.1) is 23.0 Å². The van der Waals surface area contributed by atoms with Crippen LogP contribution in [-0.2, 0) is 14.4 Å². The number of carbonyl (C=O) groups is 2.